The molecule has 0 bridgehead atoms. The highest BCUT2D eigenvalue weighted by Crippen LogP contribution is 2.29. The van der Waals surface area contributed by atoms with Gasteiger partial charge in [-0.2, -0.15) is 0 Å². The van der Waals surface area contributed by atoms with E-state index < -0.39 is 0 Å². The fraction of sp³-hybridized carbons (Fsp3) is 0.440. The van der Waals surface area contributed by atoms with Crippen molar-refractivity contribution in [3.63, 3.8) is 0 Å². The number of rotatable bonds is 5. The molecular weight excluding hydrogens is 436 g/mol. The number of amides is 2. The van der Waals surface area contributed by atoms with Crippen molar-refractivity contribution in [3.8, 4) is 0 Å². The van der Waals surface area contributed by atoms with E-state index in [1.54, 1.807) is 36.4 Å². The van der Waals surface area contributed by atoms with E-state index in [2.05, 4.69) is 9.80 Å². The number of benzene rings is 2. The van der Waals surface area contributed by atoms with E-state index in [4.69, 9.17) is 4.74 Å². The lowest BCUT2D eigenvalue weighted by Crippen LogP contribution is -2.54. The number of piperidine rings is 1. The fourth-order valence-electron chi connectivity index (χ4n) is 5.37. The largest absolute Gasteiger partial charge is 0.374 e. The lowest BCUT2D eigenvalue weighted by molar-refractivity contribution is -0.384. The van der Waals surface area contributed by atoms with Gasteiger partial charge in [0.05, 0.1) is 35.3 Å². The molecule has 0 aliphatic carbocycles. The number of ether oxygens (including phenoxy) is 1. The van der Waals surface area contributed by atoms with Gasteiger partial charge >= 0.3 is 0 Å². The van der Waals surface area contributed by atoms with Gasteiger partial charge < -0.3 is 9.64 Å². The molecule has 2 amide bonds. The van der Waals surface area contributed by atoms with Crippen LogP contribution in [0.15, 0.2) is 42.5 Å². The average molecular weight is 465 g/mol. The molecule has 34 heavy (non-hydrogen) atoms. The van der Waals surface area contributed by atoms with E-state index in [0.717, 1.165) is 43.7 Å². The summed E-state index contributed by atoms with van der Waals surface area (Å²) in [6.45, 7) is 6.04. The first-order valence-electron chi connectivity index (χ1n) is 11.7. The van der Waals surface area contributed by atoms with Crippen LogP contribution in [0.25, 0.3) is 0 Å². The number of non-ortho nitro benzene ring substituents is 1. The molecule has 3 aliphatic rings. The fourth-order valence-corrected chi connectivity index (χ4v) is 5.37. The molecule has 2 aromatic rings. The summed E-state index contributed by atoms with van der Waals surface area (Å²) < 4.78 is 5.94. The smallest absolute Gasteiger partial charge is 0.269 e. The topological polar surface area (TPSA) is 96.2 Å². The van der Waals surface area contributed by atoms with E-state index >= 15 is 0 Å². The number of hydrogen-bond acceptors (Lipinski definition) is 7. The second-order valence-electron chi connectivity index (χ2n) is 9.20. The number of morpholine rings is 1. The Kier molecular flexibility index (Phi) is 6.05. The normalized spacial score (nSPS) is 21.7. The summed E-state index contributed by atoms with van der Waals surface area (Å²) in [5, 5.41) is 11.0. The zero-order chi connectivity index (χ0) is 23.8. The highest BCUT2D eigenvalue weighted by atomic mass is 16.6. The minimum Gasteiger partial charge on any atom is -0.374 e. The van der Waals surface area contributed by atoms with Crippen molar-refractivity contribution >= 4 is 23.2 Å². The molecule has 0 saturated carbocycles. The van der Waals surface area contributed by atoms with Crippen LogP contribution in [0, 0.1) is 17.0 Å². The summed E-state index contributed by atoms with van der Waals surface area (Å²) in [6.07, 6.45) is 1.76. The zero-order valence-electron chi connectivity index (χ0n) is 19.2. The van der Waals surface area contributed by atoms with Crippen molar-refractivity contribution < 1.29 is 19.2 Å². The number of nitro benzene ring substituents is 1. The molecule has 3 heterocycles. The molecule has 2 fully saturated rings. The molecular formula is C25H28N4O5. The number of nitrogens with zero attached hydrogens (tertiary/aromatic N) is 4. The Morgan fingerprint density at radius 2 is 1.71 bits per heavy atom. The molecule has 5 rings (SSSR count). The number of nitro groups is 1. The quantitative estimate of drug-likeness (QED) is 0.381. The first-order valence-corrected chi connectivity index (χ1v) is 11.7. The zero-order valence-corrected chi connectivity index (χ0v) is 19.2. The van der Waals surface area contributed by atoms with Gasteiger partial charge in [-0.25, -0.2) is 0 Å². The van der Waals surface area contributed by atoms with Crippen molar-refractivity contribution in [3.05, 3.63) is 69.3 Å². The highest BCUT2D eigenvalue weighted by molar-refractivity contribution is 6.21. The average Bonchev–Trinajstić information content (AvgIpc) is 3.09. The van der Waals surface area contributed by atoms with Gasteiger partial charge in [0.1, 0.15) is 0 Å². The third kappa shape index (κ3) is 4.17. The molecule has 0 radical (unpaired) electrons. The maximum atomic E-state index is 12.7. The summed E-state index contributed by atoms with van der Waals surface area (Å²) in [5.41, 5.74) is 3.02. The molecule has 3 aliphatic heterocycles. The van der Waals surface area contributed by atoms with Crippen molar-refractivity contribution in [1.29, 1.82) is 0 Å². The van der Waals surface area contributed by atoms with Gasteiger partial charge in [-0.15, -0.1) is 0 Å². The SMILES string of the molecule is Cc1cc([N+](=O)[O-])ccc1N1CCC(N2CCOC(CN3C(=O)c4ccccc4C3=O)C2)CC1. The van der Waals surface area contributed by atoms with E-state index in [1.165, 1.54) is 4.90 Å². The van der Waals surface area contributed by atoms with Gasteiger partial charge in [0, 0.05) is 50.0 Å². The number of carbonyl (C=O) groups is 2. The van der Waals surface area contributed by atoms with Crippen LogP contribution >= 0.6 is 0 Å². The summed E-state index contributed by atoms with van der Waals surface area (Å²) in [7, 11) is 0. The van der Waals surface area contributed by atoms with Crippen LogP contribution < -0.4 is 4.90 Å². The van der Waals surface area contributed by atoms with Crippen LogP contribution in [0.2, 0.25) is 0 Å². The first kappa shape index (κ1) is 22.5. The number of aryl methyl sites for hydroxylation is 1. The Morgan fingerprint density at radius 1 is 1.03 bits per heavy atom. The van der Waals surface area contributed by atoms with Crippen molar-refractivity contribution in [1.82, 2.24) is 9.80 Å². The van der Waals surface area contributed by atoms with Gasteiger partial charge in [0.2, 0.25) is 0 Å². The minimum absolute atomic E-state index is 0.119. The lowest BCUT2D eigenvalue weighted by Gasteiger charge is -2.43. The predicted octanol–water partition coefficient (Wildman–Crippen LogP) is 2.87. The monoisotopic (exact) mass is 464 g/mol. The number of fused-ring (bicyclic) bond motifs is 1. The van der Waals surface area contributed by atoms with E-state index in [-0.39, 0.29) is 35.1 Å². The van der Waals surface area contributed by atoms with Crippen LogP contribution in [0.5, 0.6) is 0 Å². The number of hydrogen-bond donors (Lipinski definition) is 0. The molecule has 1 atom stereocenters. The van der Waals surface area contributed by atoms with Gasteiger partial charge in [-0.05, 0) is 43.5 Å². The van der Waals surface area contributed by atoms with Crippen molar-refractivity contribution in [2.45, 2.75) is 31.9 Å². The van der Waals surface area contributed by atoms with Gasteiger partial charge in [-0.1, -0.05) is 12.1 Å². The predicted molar refractivity (Wildman–Crippen MR) is 126 cm³/mol. The lowest BCUT2D eigenvalue weighted by atomic mass is 10.0. The third-order valence-corrected chi connectivity index (χ3v) is 7.15. The Balaban J connectivity index is 1.18. The number of imide groups is 1. The second kappa shape index (κ2) is 9.15. The van der Waals surface area contributed by atoms with Crippen molar-refractivity contribution in [2.24, 2.45) is 0 Å². The number of carbonyl (C=O) groups excluding carboxylic acids is 2. The van der Waals surface area contributed by atoms with Crippen LogP contribution in [-0.2, 0) is 4.74 Å². The molecule has 178 valence electrons. The molecule has 0 spiro atoms. The minimum atomic E-state index is -0.361. The molecule has 2 saturated heterocycles. The molecule has 9 heteroatoms. The second-order valence-corrected chi connectivity index (χ2v) is 9.20. The van der Waals surface area contributed by atoms with Crippen LogP contribution in [-0.4, -0.2) is 78.0 Å². The van der Waals surface area contributed by atoms with E-state index in [1.807, 2.05) is 13.0 Å². The Morgan fingerprint density at radius 3 is 2.32 bits per heavy atom. The summed E-state index contributed by atoms with van der Waals surface area (Å²) >= 11 is 0. The first-order chi connectivity index (χ1) is 16.4. The van der Waals surface area contributed by atoms with E-state index in [0.29, 0.717) is 30.3 Å². The van der Waals surface area contributed by atoms with Crippen molar-refractivity contribution in [2.75, 3.05) is 44.2 Å². The molecule has 9 nitrogen and oxygen atoms in total. The summed E-state index contributed by atoms with van der Waals surface area (Å²) in [6, 6.07) is 12.4. The Labute approximate surface area is 198 Å². The third-order valence-electron chi connectivity index (χ3n) is 7.15. The Bertz CT molecular complexity index is 1090. The highest BCUT2D eigenvalue weighted by Gasteiger charge is 2.38. The summed E-state index contributed by atoms with van der Waals surface area (Å²) in [4.78, 5) is 42.1. The van der Waals surface area contributed by atoms with Crippen LogP contribution in [0.4, 0.5) is 11.4 Å². The molecule has 2 aromatic carbocycles. The maximum absolute atomic E-state index is 12.7. The maximum Gasteiger partial charge on any atom is 0.269 e. The van der Waals surface area contributed by atoms with Gasteiger partial charge in [0.15, 0.2) is 0 Å². The van der Waals surface area contributed by atoms with Gasteiger partial charge in [0.25, 0.3) is 17.5 Å². The van der Waals surface area contributed by atoms with Crippen LogP contribution in [0.1, 0.15) is 39.1 Å². The summed E-state index contributed by atoms with van der Waals surface area (Å²) in [5.74, 6) is -0.485. The molecule has 1 unspecified atom stereocenters. The van der Waals surface area contributed by atoms with E-state index in [9.17, 15) is 19.7 Å². The number of anilines is 1. The molecule has 0 N–H and O–H groups in total. The molecule has 0 aromatic heterocycles. The van der Waals surface area contributed by atoms with Gasteiger partial charge in [-0.3, -0.25) is 29.5 Å². The van der Waals surface area contributed by atoms with Crippen LogP contribution in [0.3, 0.4) is 0 Å². The Hall–Kier alpha value is -3.30. The standard InChI is InChI=1S/C25H28N4O5/c1-17-14-19(29(32)33)6-7-23(17)26-10-8-18(9-11-26)27-12-13-34-20(15-27)16-28-24(30)21-4-2-3-5-22(21)25(28)31/h2-7,14,18,20H,8-13,15-16H2,1H3.